The monoisotopic (exact) mass is 272 g/mol. The smallest absolute Gasteiger partial charge is 0.108 e. The van der Waals surface area contributed by atoms with Gasteiger partial charge in [0.15, 0.2) is 0 Å². The average molecular weight is 272 g/mol. The van der Waals surface area contributed by atoms with E-state index in [4.69, 9.17) is 5.73 Å². The van der Waals surface area contributed by atoms with Crippen LogP contribution in [0.4, 0.5) is 5.69 Å². The van der Waals surface area contributed by atoms with Gasteiger partial charge in [0.1, 0.15) is 5.82 Å². The molecule has 2 heterocycles. The zero-order chi connectivity index (χ0) is 13.9. The van der Waals surface area contributed by atoms with Crippen LogP contribution in [0.3, 0.4) is 0 Å². The molecule has 0 saturated carbocycles. The molecule has 4 nitrogen and oxygen atoms in total. The number of benzene rings is 1. The first-order chi connectivity index (χ1) is 9.70. The van der Waals surface area contributed by atoms with Gasteiger partial charge in [-0.2, -0.15) is 0 Å². The van der Waals surface area contributed by atoms with Crippen LogP contribution in [0.15, 0.2) is 18.2 Å². The van der Waals surface area contributed by atoms with Crippen molar-refractivity contribution in [3.63, 3.8) is 0 Å². The molecule has 0 aliphatic carbocycles. The quantitative estimate of drug-likeness (QED) is 0.845. The van der Waals surface area contributed by atoms with Crippen molar-refractivity contribution < 1.29 is 0 Å². The SMILES string of the molecule is CC1CCCN(CCc2nc3ccc(N)cc3[nH]2)CC1. The van der Waals surface area contributed by atoms with E-state index < -0.39 is 0 Å². The molecular weight excluding hydrogens is 248 g/mol. The van der Waals surface area contributed by atoms with Gasteiger partial charge in [-0.05, 0) is 56.5 Å². The van der Waals surface area contributed by atoms with E-state index in [0.717, 1.165) is 41.4 Å². The van der Waals surface area contributed by atoms with Gasteiger partial charge in [-0.15, -0.1) is 0 Å². The van der Waals surface area contributed by atoms with Crippen molar-refractivity contribution in [1.82, 2.24) is 14.9 Å². The number of nitrogen functional groups attached to an aromatic ring is 1. The molecule has 0 bridgehead atoms. The highest BCUT2D eigenvalue weighted by Gasteiger charge is 2.14. The molecule has 1 fully saturated rings. The number of aromatic nitrogens is 2. The molecule has 1 unspecified atom stereocenters. The molecular formula is C16H24N4. The van der Waals surface area contributed by atoms with Crippen LogP contribution in [0.2, 0.25) is 0 Å². The van der Waals surface area contributed by atoms with Crippen molar-refractivity contribution in [1.29, 1.82) is 0 Å². The lowest BCUT2D eigenvalue weighted by Crippen LogP contribution is -2.27. The van der Waals surface area contributed by atoms with Crippen molar-refractivity contribution in [3.05, 3.63) is 24.0 Å². The Bertz CT molecular complexity index is 575. The molecule has 0 spiro atoms. The summed E-state index contributed by atoms with van der Waals surface area (Å²) in [7, 11) is 0. The number of likely N-dealkylation sites (tertiary alicyclic amines) is 1. The summed E-state index contributed by atoms with van der Waals surface area (Å²) >= 11 is 0. The van der Waals surface area contributed by atoms with Gasteiger partial charge in [0, 0.05) is 18.7 Å². The lowest BCUT2D eigenvalue weighted by molar-refractivity contribution is 0.284. The van der Waals surface area contributed by atoms with Gasteiger partial charge in [0.05, 0.1) is 11.0 Å². The van der Waals surface area contributed by atoms with Crippen molar-refractivity contribution in [2.75, 3.05) is 25.4 Å². The number of nitrogens with two attached hydrogens (primary N) is 1. The Hall–Kier alpha value is -1.55. The van der Waals surface area contributed by atoms with Gasteiger partial charge in [0.25, 0.3) is 0 Å². The van der Waals surface area contributed by atoms with E-state index in [1.807, 2.05) is 18.2 Å². The van der Waals surface area contributed by atoms with Crippen LogP contribution in [0, 0.1) is 5.92 Å². The molecule has 1 atom stereocenters. The summed E-state index contributed by atoms with van der Waals surface area (Å²) in [5, 5.41) is 0. The molecule has 1 aromatic carbocycles. The molecule has 2 aromatic rings. The summed E-state index contributed by atoms with van der Waals surface area (Å²) < 4.78 is 0. The topological polar surface area (TPSA) is 57.9 Å². The molecule has 1 aliphatic heterocycles. The first kappa shape index (κ1) is 13.4. The molecule has 1 saturated heterocycles. The van der Waals surface area contributed by atoms with E-state index in [2.05, 4.69) is 21.8 Å². The summed E-state index contributed by atoms with van der Waals surface area (Å²) in [6, 6.07) is 5.85. The van der Waals surface area contributed by atoms with Gasteiger partial charge in [-0.1, -0.05) is 6.92 Å². The molecule has 4 heteroatoms. The van der Waals surface area contributed by atoms with Gasteiger partial charge < -0.3 is 15.6 Å². The predicted octanol–water partition coefficient (Wildman–Crippen LogP) is 2.81. The number of fused-ring (bicyclic) bond motifs is 1. The van der Waals surface area contributed by atoms with Crippen LogP contribution in [0.5, 0.6) is 0 Å². The van der Waals surface area contributed by atoms with Crippen LogP contribution in [0.25, 0.3) is 11.0 Å². The lowest BCUT2D eigenvalue weighted by atomic mass is 10.0. The normalized spacial score (nSPS) is 21.1. The fourth-order valence-electron chi connectivity index (χ4n) is 3.01. The van der Waals surface area contributed by atoms with Crippen LogP contribution in [-0.2, 0) is 6.42 Å². The fourth-order valence-corrected chi connectivity index (χ4v) is 3.01. The van der Waals surface area contributed by atoms with Crippen molar-refractivity contribution in [2.24, 2.45) is 5.92 Å². The number of aromatic amines is 1. The highest BCUT2D eigenvalue weighted by molar-refractivity contribution is 5.78. The van der Waals surface area contributed by atoms with Crippen molar-refractivity contribution in [3.8, 4) is 0 Å². The van der Waals surface area contributed by atoms with Crippen LogP contribution in [0.1, 0.15) is 32.0 Å². The Labute approximate surface area is 120 Å². The molecule has 3 rings (SSSR count). The first-order valence-electron chi connectivity index (χ1n) is 7.67. The number of H-pyrrole nitrogens is 1. The van der Waals surface area contributed by atoms with E-state index in [9.17, 15) is 0 Å². The standard InChI is InChI=1S/C16H24N4/c1-12-3-2-8-20(9-6-12)10-7-16-18-14-5-4-13(17)11-15(14)19-16/h4-5,11-12H,2-3,6-10,17H2,1H3,(H,18,19). The Morgan fingerprint density at radius 1 is 1.35 bits per heavy atom. The summed E-state index contributed by atoms with van der Waals surface area (Å²) in [4.78, 5) is 10.6. The third-order valence-corrected chi connectivity index (χ3v) is 4.33. The van der Waals surface area contributed by atoms with E-state index in [0.29, 0.717) is 0 Å². The van der Waals surface area contributed by atoms with E-state index in [1.165, 1.54) is 32.4 Å². The van der Waals surface area contributed by atoms with E-state index >= 15 is 0 Å². The van der Waals surface area contributed by atoms with Gasteiger partial charge in [0.2, 0.25) is 0 Å². The number of hydrogen-bond acceptors (Lipinski definition) is 3. The fraction of sp³-hybridized carbons (Fsp3) is 0.562. The maximum Gasteiger partial charge on any atom is 0.108 e. The van der Waals surface area contributed by atoms with E-state index in [-0.39, 0.29) is 0 Å². The van der Waals surface area contributed by atoms with Gasteiger partial charge >= 0.3 is 0 Å². The highest BCUT2D eigenvalue weighted by Crippen LogP contribution is 2.18. The van der Waals surface area contributed by atoms with Crippen molar-refractivity contribution in [2.45, 2.75) is 32.6 Å². The van der Waals surface area contributed by atoms with Crippen LogP contribution >= 0.6 is 0 Å². The number of hydrogen-bond donors (Lipinski definition) is 2. The summed E-state index contributed by atoms with van der Waals surface area (Å²) in [5.41, 5.74) is 8.64. The second kappa shape index (κ2) is 5.83. The van der Waals surface area contributed by atoms with E-state index in [1.54, 1.807) is 0 Å². The second-order valence-corrected chi connectivity index (χ2v) is 6.09. The number of rotatable bonds is 3. The van der Waals surface area contributed by atoms with Crippen molar-refractivity contribution >= 4 is 16.7 Å². The third kappa shape index (κ3) is 3.12. The van der Waals surface area contributed by atoms with Gasteiger partial charge in [-0.3, -0.25) is 0 Å². The Morgan fingerprint density at radius 2 is 2.25 bits per heavy atom. The zero-order valence-electron chi connectivity index (χ0n) is 12.2. The molecule has 3 N–H and O–H groups in total. The Morgan fingerprint density at radius 3 is 3.15 bits per heavy atom. The Balaban J connectivity index is 1.61. The highest BCUT2D eigenvalue weighted by atomic mass is 15.1. The molecule has 0 amide bonds. The number of nitrogens with one attached hydrogen (secondary N) is 1. The lowest BCUT2D eigenvalue weighted by Gasteiger charge is -2.18. The zero-order valence-corrected chi connectivity index (χ0v) is 12.2. The summed E-state index contributed by atoms with van der Waals surface area (Å²) in [6.07, 6.45) is 5.03. The third-order valence-electron chi connectivity index (χ3n) is 4.33. The van der Waals surface area contributed by atoms with Crippen LogP contribution in [-0.4, -0.2) is 34.5 Å². The molecule has 0 radical (unpaired) electrons. The Kier molecular flexibility index (Phi) is 3.92. The largest absolute Gasteiger partial charge is 0.399 e. The first-order valence-corrected chi connectivity index (χ1v) is 7.67. The minimum absolute atomic E-state index is 0.786. The molecule has 1 aliphatic rings. The maximum atomic E-state index is 5.80. The maximum absolute atomic E-state index is 5.80. The molecule has 108 valence electrons. The number of nitrogens with zero attached hydrogens (tertiary/aromatic N) is 2. The second-order valence-electron chi connectivity index (χ2n) is 6.09. The number of imidazole rings is 1. The predicted molar refractivity (Wildman–Crippen MR) is 83.7 cm³/mol. The minimum atomic E-state index is 0.786. The molecule has 20 heavy (non-hydrogen) atoms. The van der Waals surface area contributed by atoms with Crippen LogP contribution < -0.4 is 5.73 Å². The minimum Gasteiger partial charge on any atom is -0.399 e. The average Bonchev–Trinajstić information content (AvgIpc) is 2.71. The summed E-state index contributed by atoms with van der Waals surface area (Å²) in [5.74, 6) is 1.96. The molecule has 1 aromatic heterocycles. The summed E-state index contributed by atoms with van der Waals surface area (Å²) in [6.45, 7) is 5.93. The van der Waals surface area contributed by atoms with Gasteiger partial charge in [-0.25, -0.2) is 4.98 Å². The number of anilines is 1.